The SMILES string of the molecule is COc1cc(C2c3c(cc(OC)c(OC)c3OC)CC[N@@+]2(C)CCCOC(=O)/C(Cl)=C/C(=O)OCCC[N@+]2(C)CCc3cc(OC)c(OC)c(OC)c3[C@H]2c2cc(OC)c(OC)c(OC)c2)cc(OC)c1OC.[Cl-].[Cl-]. The molecule has 4 atom stereocenters. The van der Waals surface area contributed by atoms with E-state index in [4.69, 9.17) is 77.9 Å². The van der Waals surface area contributed by atoms with Gasteiger partial charge >= 0.3 is 11.9 Å². The number of hydrogen-bond donors (Lipinski definition) is 0. The maximum atomic E-state index is 13.2. The first-order chi connectivity index (χ1) is 35.1. The van der Waals surface area contributed by atoms with Gasteiger partial charge in [-0.05, 0) is 47.5 Å². The summed E-state index contributed by atoms with van der Waals surface area (Å²) in [7, 11) is 23.3. The second-order valence-corrected chi connectivity index (χ2v) is 18.4. The molecule has 0 saturated heterocycles. The molecule has 4 aromatic carbocycles. The third-order valence-electron chi connectivity index (χ3n) is 14.0. The molecular weight excluding hydrogens is 1040 g/mol. The Bertz CT molecular complexity index is 2620. The Morgan fingerprint density at radius 1 is 0.480 bits per heavy atom. The number of hydrogen-bond acceptors (Lipinski definition) is 16. The first-order valence-electron chi connectivity index (χ1n) is 23.8. The van der Waals surface area contributed by atoms with Crippen molar-refractivity contribution in [3.8, 4) is 69.0 Å². The molecule has 21 heteroatoms. The van der Waals surface area contributed by atoms with Crippen LogP contribution in [0.25, 0.3) is 0 Å². The number of fused-ring (bicyclic) bond motifs is 2. The Labute approximate surface area is 457 Å². The Kier molecular flexibility index (Phi) is 22.2. The minimum absolute atomic E-state index is 0. The Morgan fingerprint density at radius 2 is 0.800 bits per heavy atom. The standard InChI is InChI=1S/C54H71ClN2O16.2ClH/c1-56(21-17-32-25-41(64-7)50(68-11)52(70-13)44(32)46(56)34-27-37(60-3)48(66-9)38(28-34)61-4)19-15-23-72-43(58)31-36(55)54(59)73-24-16-20-57(2)22-18-33-26-42(65-8)51(69-12)53(71-14)45(33)47(57)35-29-39(62-5)49(67-10)40(30-35)63-6;;/h25-31,46-47H,15-24H2,1-14H3;2*1H/q+2;;/p-2/b36-31-;;/t46-,47?,56-,57-;;/m1../s1. The lowest BCUT2D eigenvalue weighted by Gasteiger charge is -2.46. The number of likely N-dealkylation sites (N-methyl/N-ethyl adjacent to an activating group) is 2. The maximum Gasteiger partial charge on any atom is 0.350 e. The topological polar surface area (TPSA) is 163 Å². The third kappa shape index (κ3) is 12.5. The van der Waals surface area contributed by atoms with Crippen molar-refractivity contribution in [1.29, 1.82) is 0 Å². The molecule has 6 rings (SSSR count). The number of ether oxygens (including phenoxy) is 14. The van der Waals surface area contributed by atoms with Gasteiger partial charge < -0.3 is 100 Å². The summed E-state index contributed by atoms with van der Waals surface area (Å²) in [6.07, 6.45) is 3.26. The van der Waals surface area contributed by atoms with Crippen LogP contribution in [0.2, 0.25) is 0 Å². The monoisotopic (exact) mass is 1110 g/mol. The van der Waals surface area contributed by atoms with Gasteiger partial charge in [-0.25, -0.2) is 9.59 Å². The van der Waals surface area contributed by atoms with Gasteiger partial charge in [-0.15, -0.1) is 0 Å². The highest BCUT2D eigenvalue weighted by Crippen LogP contribution is 2.55. The van der Waals surface area contributed by atoms with Gasteiger partial charge in [0.15, 0.2) is 46.0 Å². The molecule has 0 aliphatic carbocycles. The van der Waals surface area contributed by atoms with Crippen LogP contribution in [0.15, 0.2) is 47.5 Å². The van der Waals surface area contributed by atoms with Crippen LogP contribution in [0.5, 0.6) is 69.0 Å². The predicted octanol–water partition coefficient (Wildman–Crippen LogP) is 1.67. The minimum atomic E-state index is -0.843. The average molecular weight is 1110 g/mol. The highest BCUT2D eigenvalue weighted by Gasteiger charge is 2.46. The van der Waals surface area contributed by atoms with Crippen LogP contribution < -0.4 is 81.7 Å². The van der Waals surface area contributed by atoms with Crippen molar-refractivity contribution in [2.75, 3.05) is 139 Å². The Hall–Kier alpha value is -6.05. The van der Waals surface area contributed by atoms with E-state index in [-0.39, 0.29) is 50.1 Å². The molecule has 75 heavy (non-hydrogen) atoms. The quantitative estimate of drug-likeness (QED) is 0.0431. The largest absolute Gasteiger partial charge is 1.00 e. The molecule has 2 aliphatic rings. The molecule has 2 aliphatic heterocycles. The van der Waals surface area contributed by atoms with Gasteiger partial charge in [0.1, 0.15) is 17.1 Å². The van der Waals surface area contributed by atoms with Gasteiger partial charge in [0, 0.05) is 42.9 Å². The van der Waals surface area contributed by atoms with Crippen molar-refractivity contribution in [2.24, 2.45) is 0 Å². The number of rotatable bonds is 24. The van der Waals surface area contributed by atoms with E-state index in [0.717, 1.165) is 39.5 Å². The molecular formula is C54H71Cl3N2O16. The zero-order chi connectivity index (χ0) is 53.2. The van der Waals surface area contributed by atoms with Gasteiger partial charge in [0.25, 0.3) is 0 Å². The highest BCUT2D eigenvalue weighted by atomic mass is 35.5. The van der Waals surface area contributed by atoms with Crippen molar-refractivity contribution in [3.63, 3.8) is 0 Å². The van der Waals surface area contributed by atoms with Crippen molar-refractivity contribution in [3.05, 3.63) is 80.9 Å². The van der Waals surface area contributed by atoms with Gasteiger partial charge in [-0.3, -0.25) is 0 Å². The van der Waals surface area contributed by atoms with Crippen LogP contribution in [0.3, 0.4) is 0 Å². The lowest BCUT2D eigenvalue weighted by atomic mass is 9.84. The smallest absolute Gasteiger partial charge is 0.350 e. The molecule has 4 aromatic rings. The summed E-state index contributed by atoms with van der Waals surface area (Å²) in [5, 5.41) is -0.399. The van der Waals surface area contributed by atoms with E-state index in [2.05, 4.69) is 14.1 Å². The normalized spacial score (nSPS) is 18.5. The van der Waals surface area contributed by atoms with Crippen LogP contribution in [0.4, 0.5) is 0 Å². The molecule has 0 N–H and O–H groups in total. The fraction of sp³-hybridized carbons (Fsp3) is 0.481. The van der Waals surface area contributed by atoms with E-state index < -0.39 is 17.0 Å². The molecule has 0 radical (unpaired) electrons. The number of carbonyl (C=O) groups is 2. The lowest BCUT2D eigenvalue weighted by Crippen LogP contribution is -3.00. The van der Waals surface area contributed by atoms with Crippen LogP contribution in [0.1, 0.15) is 58.3 Å². The zero-order valence-corrected chi connectivity index (χ0v) is 47.6. The summed E-state index contributed by atoms with van der Waals surface area (Å²) in [5.41, 5.74) is 5.68. The van der Waals surface area contributed by atoms with Crippen molar-refractivity contribution in [2.45, 2.75) is 37.8 Å². The molecule has 0 bridgehead atoms. The average Bonchev–Trinajstić information content (AvgIpc) is 3.40. The lowest BCUT2D eigenvalue weighted by molar-refractivity contribution is -0.935. The fourth-order valence-electron chi connectivity index (χ4n) is 10.6. The molecule has 414 valence electrons. The van der Waals surface area contributed by atoms with E-state index in [1.807, 2.05) is 36.4 Å². The van der Waals surface area contributed by atoms with Crippen LogP contribution in [-0.2, 0) is 31.9 Å². The van der Waals surface area contributed by atoms with Gasteiger partial charge in [-0.1, -0.05) is 11.6 Å². The minimum Gasteiger partial charge on any atom is -1.00 e. The van der Waals surface area contributed by atoms with E-state index in [0.29, 0.717) is 130 Å². The van der Waals surface area contributed by atoms with E-state index in [1.54, 1.807) is 85.3 Å². The van der Waals surface area contributed by atoms with Crippen molar-refractivity contribution < 1.29 is 110 Å². The van der Waals surface area contributed by atoms with Gasteiger partial charge in [-0.2, -0.15) is 0 Å². The first kappa shape index (κ1) is 61.5. The maximum absolute atomic E-state index is 13.2. The molecule has 0 saturated carbocycles. The Morgan fingerprint density at radius 3 is 1.12 bits per heavy atom. The zero-order valence-electron chi connectivity index (χ0n) is 45.3. The number of nitrogens with zero attached hydrogens (tertiary/aromatic N) is 2. The number of carbonyl (C=O) groups excluding carboxylic acids is 2. The molecule has 0 amide bonds. The van der Waals surface area contributed by atoms with Crippen LogP contribution in [0, 0.1) is 0 Å². The number of esters is 2. The van der Waals surface area contributed by atoms with Gasteiger partial charge in [0.2, 0.25) is 23.0 Å². The van der Waals surface area contributed by atoms with Crippen LogP contribution in [-0.4, -0.2) is 160 Å². The number of methoxy groups -OCH3 is 12. The van der Waals surface area contributed by atoms with E-state index >= 15 is 0 Å². The molecule has 0 fully saturated rings. The number of halogens is 3. The summed E-state index contributed by atoms with van der Waals surface area (Å²) in [4.78, 5) is 26.4. The molecule has 2 heterocycles. The molecule has 1 unspecified atom stereocenters. The van der Waals surface area contributed by atoms with E-state index in [1.165, 1.54) is 0 Å². The summed E-state index contributed by atoms with van der Waals surface area (Å²) < 4.78 is 82.0. The van der Waals surface area contributed by atoms with E-state index in [9.17, 15) is 9.59 Å². The summed E-state index contributed by atoms with van der Waals surface area (Å²) in [5.74, 6) is 4.47. The van der Waals surface area contributed by atoms with Crippen LogP contribution >= 0.6 is 11.6 Å². The second kappa shape index (κ2) is 27.1. The van der Waals surface area contributed by atoms with Crippen molar-refractivity contribution in [1.82, 2.24) is 0 Å². The number of benzene rings is 4. The second-order valence-electron chi connectivity index (χ2n) is 18.0. The van der Waals surface area contributed by atoms with Crippen molar-refractivity contribution >= 4 is 23.5 Å². The van der Waals surface area contributed by atoms with Gasteiger partial charge in [0.05, 0.1) is 150 Å². The molecule has 18 nitrogen and oxygen atoms in total. The molecule has 0 spiro atoms. The third-order valence-corrected chi connectivity index (χ3v) is 14.3. The first-order valence-corrected chi connectivity index (χ1v) is 24.1. The predicted molar refractivity (Wildman–Crippen MR) is 272 cm³/mol. The fourth-order valence-corrected chi connectivity index (χ4v) is 10.8. The number of quaternary nitrogens is 2. The highest BCUT2D eigenvalue weighted by molar-refractivity contribution is 6.42. The summed E-state index contributed by atoms with van der Waals surface area (Å²) in [6, 6.07) is 11.1. The summed E-state index contributed by atoms with van der Waals surface area (Å²) >= 11 is 6.39. The Balaban J connectivity index is 0.00000608. The summed E-state index contributed by atoms with van der Waals surface area (Å²) in [6.45, 7) is 2.64. The molecule has 0 aromatic heterocycles.